The average Bonchev–Trinajstić information content (AvgIpc) is 2.86. The second-order valence-electron chi connectivity index (χ2n) is 5.63. The summed E-state index contributed by atoms with van der Waals surface area (Å²) in [5, 5.41) is 4.08. The number of hydrogen-bond donors (Lipinski definition) is 2. The van der Waals surface area contributed by atoms with Crippen molar-refractivity contribution in [2.75, 3.05) is 5.32 Å². The number of aryl methyl sites for hydroxylation is 3. The van der Waals surface area contributed by atoms with Gasteiger partial charge in [0, 0.05) is 22.8 Å². The molecule has 0 spiro atoms. The van der Waals surface area contributed by atoms with Crippen LogP contribution < -0.4 is 5.32 Å². The van der Waals surface area contributed by atoms with Gasteiger partial charge in [0.15, 0.2) is 0 Å². The summed E-state index contributed by atoms with van der Waals surface area (Å²) >= 11 is 0. The molecule has 0 bridgehead atoms. The van der Waals surface area contributed by atoms with Gasteiger partial charge in [-0.3, -0.25) is 9.78 Å². The minimum Gasteiger partial charge on any atom is -0.361 e. The topological polar surface area (TPSA) is 57.8 Å². The molecule has 0 aliphatic heterocycles. The molecule has 2 N–H and O–H groups in total. The molecule has 0 atom stereocenters. The smallest absolute Gasteiger partial charge is 0.228 e. The van der Waals surface area contributed by atoms with Crippen LogP contribution in [-0.2, 0) is 11.2 Å². The van der Waals surface area contributed by atoms with E-state index in [0.29, 0.717) is 6.42 Å². The highest BCUT2D eigenvalue weighted by molar-refractivity contribution is 5.96. The fourth-order valence-corrected chi connectivity index (χ4v) is 2.85. The zero-order chi connectivity index (χ0) is 15.7. The van der Waals surface area contributed by atoms with Crippen molar-refractivity contribution in [1.82, 2.24) is 9.97 Å². The van der Waals surface area contributed by atoms with Crippen LogP contribution in [0.3, 0.4) is 0 Å². The van der Waals surface area contributed by atoms with Gasteiger partial charge in [-0.25, -0.2) is 0 Å². The summed E-state index contributed by atoms with van der Waals surface area (Å²) in [5.74, 6) is -0.0263. The van der Waals surface area contributed by atoms with Crippen LogP contribution in [0.4, 0.5) is 5.69 Å². The molecule has 4 nitrogen and oxygen atoms in total. The normalized spacial score (nSPS) is 10.9. The van der Waals surface area contributed by atoms with Gasteiger partial charge in [0.05, 0.1) is 17.8 Å². The third kappa shape index (κ3) is 2.72. The number of fused-ring (bicyclic) bond motifs is 1. The molecular formula is C18H19N3O. The third-order valence-electron chi connectivity index (χ3n) is 3.82. The predicted molar refractivity (Wildman–Crippen MR) is 89.1 cm³/mol. The minimum absolute atomic E-state index is 0.0263. The number of anilines is 1. The molecule has 0 aliphatic carbocycles. The van der Waals surface area contributed by atoms with Crippen LogP contribution in [0, 0.1) is 20.8 Å². The van der Waals surface area contributed by atoms with Crippen molar-refractivity contribution >= 4 is 22.5 Å². The molecular weight excluding hydrogens is 274 g/mol. The number of hydrogen-bond acceptors (Lipinski definition) is 2. The maximum absolute atomic E-state index is 12.4. The Kier molecular flexibility index (Phi) is 3.67. The Morgan fingerprint density at radius 2 is 2.00 bits per heavy atom. The molecule has 22 heavy (non-hydrogen) atoms. The Labute approximate surface area is 129 Å². The lowest BCUT2D eigenvalue weighted by Crippen LogP contribution is -2.16. The largest absolute Gasteiger partial charge is 0.361 e. The lowest BCUT2D eigenvalue weighted by atomic mass is 10.1. The molecule has 3 aromatic rings. The van der Waals surface area contributed by atoms with Gasteiger partial charge < -0.3 is 10.3 Å². The zero-order valence-electron chi connectivity index (χ0n) is 13.0. The van der Waals surface area contributed by atoms with E-state index in [0.717, 1.165) is 39.1 Å². The molecule has 4 heteroatoms. The van der Waals surface area contributed by atoms with E-state index in [2.05, 4.69) is 15.3 Å². The monoisotopic (exact) mass is 293 g/mol. The maximum atomic E-state index is 12.4. The second-order valence-corrected chi connectivity index (χ2v) is 5.63. The van der Waals surface area contributed by atoms with Crippen LogP contribution in [-0.4, -0.2) is 15.9 Å². The van der Waals surface area contributed by atoms with Gasteiger partial charge in [0.25, 0.3) is 0 Å². The number of H-pyrrole nitrogens is 1. The van der Waals surface area contributed by atoms with E-state index in [4.69, 9.17) is 0 Å². The number of benzene rings is 1. The number of nitrogens with zero attached hydrogens (tertiary/aromatic N) is 1. The number of aromatic amines is 1. The van der Waals surface area contributed by atoms with E-state index in [1.807, 2.05) is 57.3 Å². The lowest BCUT2D eigenvalue weighted by molar-refractivity contribution is -0.115. The van der Waals surface area contributed by atoms with Crippen molar-refractivity contribution in [3.8, 4) is 0 Å². The van der Waals surface area contributed by atoms with E-state index in [1.54, 1.807) is 0 Å². The van der Waals surface area contributed by atoms with Crippen LogP contribution in [0.5, 0.6) is 0 Å². The highest BCUT2D eigenvalue weighted by Gasteiger charge is 2.12. The van der Waals surface area contributed by atoms with E-state index >= 15 is 0 Å². The Morgan fingerprint density at radius 3 is 2.77 bits per heavy atom. The number of amides is 1. The number of pyridine rings is 1. The van der Waals surface area contributed by atoms with Crippen molar-refractivity contribution in [1.29, 1.82) is 0 Å². The Hall–Kier alpha value is -2.62. The molecule has 2 aromatic heterocycles. The molecule has 2 heterocycles. The van der Waals surface area contributed by atoms with Gasteiger partial charge in [-0.2, -0.15) is 0 Å². The van der Waals surface area contributed by atoms with Gasteiger partial charge in [0.1, 0.15) is 0 Å². The van der Waals surface area contributed by atoms with E-state index in [9.17, 15) is 4.79 Å². The predicted octanol–water partition coefficient (Wildman–Crippen LogP) is 3.67. The van der Waals surface area contributed by atoms with Crippen LogP contribution >= 0.6 is 0 Å². The number of rotatable bonds is 3. The summed E-state index contributed by atoms with van der Waals surface area (Å²) in [4.78, 5) is 20.0. The van der Waals surface area contributed by atoms with Crippen LogP contribution in [0.2, 0.25) is 0 Å². The number of nitrogens with one attached hydrogen (secondary N) is 2. The highest BCUT2D eigenvalue weighted by atomic mass is 16.1. The quantitative estimate of drug-likeness (QED) is 0.774. The first kappa shape index (κ1) is 14.3. The molecule has 0 radical (unpaired) electrons. The van der Waals surface area contributed by atoms with Crippen molar-refractivity contribution < 1.29 is 4.79 Å². The van der Waals surface area contributed by atoms with Crippen molar-refractivity contribution in [3.63, 3.8) is 0 Å². The van der Waals surface area contributed by atoms with Crippen LogP contribution in [0.25, 0.3) is 10.9 Å². The SMILES string of the molecule is Cc1cc(C)c(NC(=O)Cc2c[nH]c3ccccc23)c(C)n1. The molecule has 0 saturated carbocycles. The summed E-state index contributed by atoms with van der Waals surface area (Å²) in [6.07, 6.45) is 2.24. The van der Waals surface area contributed by atoms with Crippen LogP contribution in [0.15, 0.2) is 36.5 Å². The average molecular weight is 293 g/mol. The summed E-state index contributed by atoms with van der Waals surface area (Å²) < 4.78 is 0. The van der Waals surface area contributed by atoms with Crippen LogP contribution in [0.1, 0.15) is 22.5 Å². The number of aromatic nitrogens is 2. The van der Waals surface area contributed by atoms with E-state index in [-0.39, 0.29) is 5.91 Å². The second kappa shape index (κ2) is 5.64. The van der Waals surface area contributed by atoms with Gasteiger partial charge in [-0.05, 0) is 44.0 Å². The van der Waals surface area contributed by atoms with Crippen molar-refractivity contribution in [3.05, 3.63) is 59.0 Å². The van der Waals surface area contributed by atoms with E-state index < -0.39 is 0 Å². The first-order valence-corrected chi connectivity index (χ1v) is 7.34. The molecule has 0 unspecified atom stereocenters. The Morgan fingerprint density at radius 1 is 1.23 bits per heavy atom. The molecule has 3 rings (SSSR count). The molecule has 1 aromatic carbocycles. The number of carbonyl (C=O) groups excluding carboxylic acids is 1. The van der Waals surface area contributed by atoms with Gasteiger partial charge >= 0.3 is 0 Å². The fourth-order valence-electron chi connectivity index (χ4n) is 2.85. The van der Waals surface area contributed by atoms with E-state index in [1.165, 1.54) is 0 Å². The zero-order valence-corrected chi connectivity index (χ0v) is 13.0. The summed E-state index contributed by atoms with van der Waals surface area (Å²) in [6, 6.07) is 9.98. The summed E-state index contributed by atoms with van der Waals surface area (Å²) in [5.41, 5.74) is 5.72. The Balaban J connectivity index is 1.81. The summed E-state index contributed by atoms with van der Waals surface area (Å²) in [6.45, 7) is 5.86. The lowest BCUT2D eigenvalue weighted by Gasteiger charge is -2.11. The number of para-hydroxylation sites is 1. The maximum Gasteiger partial charge on any atom is 0.228 e. The number of carbonyl (C=O) groups is 1. The standard InChI is InChI=1S/C18H19N3O/c1-11-8-12(2)20-13(3)18(11)21-17(22)9-14-10-19-16-7-5-4-6-15(14)16/h4-8,10,19H,9H2,1-3H3,(H,21,22). The van der Waals surface area contributed by atoms with Crippen molar-refractivity contribution in [2.24, 2.45) is 0 Å². The third-order valence-corrected chi connectivity index (χ3v) is 3.82. The minimum atomic E-state index is -0.0263. The first-order chi connectivity index (χ1) is 10.5. The first-order valence-electron chi connectivity index (χ1n) is 7.34. The Bertz CT molecular complexity index is 825. The molecule has 1 amide bonds. The molecule has 112 valence electrons. The van der Waals surface area contributed by atoms with Gasteiger partial charge in [0.2, 0.25) is 5.91 Å². The molecule has 0 saturated heterocycles. The summed E-state index contributed by atoms with van der Waals surface area (Å²) in [7, 11) is 0. The fraction of sp³-hybridized carbons (Fsp3) is 0.222. The van der Waals surface area contributed by atoms with Gasteiger partial charge in [-0.1, -0.05) is 18.2 Å². The highest BCUT2D eigenvalue weighted by Crippen LogP contribution is 2.21. The van der Waals surface area contributed by atoms with Gasteiger partial charge in [-0.15, -0.1) is 0 Å². The van der Waals surface area contributed by atoms with Crippen molar-refractivity contribution in [2.45, 2.75) is 27.2 Å². The molecule has 0 fully saturated rings. The molecule has 0 aliphatic rings.